The number of nitrogens with zero attached hydrogens (tertiary/aromatic N) is 1. The lowest BCUT2D eigenvalue weighted by Crippen LogP contribution is -2.38. The van der Waals surface area contributed by atoms with E-state index in [1.165, 1.54) is 30.3 Å². The van der Waals surface area contributed by atoms with Gasteiger partial charge in [-0.3, -0.25) is 13.9 Å². The highest BCUT2D eigenvalue weighted by molar-refractivity contribution is 7.92. The van der Waals surface area contributed by atoms with Crippen molar-refractivity contribution < 1.29 is 27.5 Å². The Kier molecular flexibility index (Phi) is 10.5. The van der Waals surface area contributed by atoms with Crippen LogP contribution in [0, 0.1) is 0 Å². The first-order valence-corrected chi connectivity index (χ1v) is 15.2. The number of carbonyl (C=O) groups excluding carboxylic acids is 2. The number of ether oxygens (including phenoxy) is 2. The number of anilines is 2. The van der Waals surface area contributed by atoms with Crippen molar-refractivity contribution in [2.24, 2.45) is 0 Å². The van der Waals surface area contributed by atoms with Crippen LogP contribution in [0.4, 0.5) is 11.4 Å². The molecule has 2 N–H and O–H groups in total. The van der Waals surface area contributed by atoms with Gasteiger partial charge in [0.05, 0.1) is 46.1 Å². The van der Waals surface area contributed by atoms with Gasteiger partial charge in [0.15, 0.2) is 11.5 Å². The molecule has 0 fully saturated rings. The van der Waals surface area contributed by atoms with Gasteiger partial charge in [0, 0.05) is 6.54 Å². The number of methoxy groups -OCH3 is 2. The van der Waals surface area contributed by atoms with Crippen molar-refractivity contribution >= 4 is 56.4 Å². The van der Waals surface area contributed by atoms with Gasteiger partial charge in [0.1, 0.15) is 6.54 Å². The van der Waals surface area contributed by atoms with Crippen molar-refractivity contribution in [2.45, 2.75) is 11.3 Å². The lowest BCUT2D eigenvalue weighted by Gasteiger charge is -2.24. The Balaban J connectivity index is 1.50. The molecule has 0 heterocycles. The minimum atomic E-state index is -4.17. The second-order valence-corrected chi connectivity index (χ2v) is 11.9. The van der Waals surface area contributed by atoms with E-state index in [-0.39, 0.29) is 31.9 Å². The highest BCUT2D eigenvalue weighted by Crippen LogP contribution is 2.31. The molecule has 2 amide bonds. The Hall–Kier alpha value is -4.25. The molecule has 0 saturated heterocycles. The van der Waals surface area contributed by atoms with Crippen LogP contribution in [-0.2, 0) is 21.2 Å². The summed E-state index contributed by atoms with van der Waals surface area (Å²) in [6.45, 7) is -0.276. The summed E-state index contributed by atoms with van der Waals surface area (Å²) in [5.74, 6) is 0.114. The Bertz CT molecular complexity index is 1720. The molecule has 9 nitrogen and oxygen atoms in total. The standard InChI is InChI=1S/C31H29Cl2N3O6S/c1-41-28-15-12-21(18-29(28)42-2)16-17-34-31(38)24-10-6-7-11-27(24)35-30(37)20-36(22-13-14-25(32)26(33)19-22)43(39,40)23-8-4-3-5-9-23/h3-15,18-19H,16-17,20H2,1-2H3,(H,34,38)(H,35,37). The molecule has 0 aliphatic heterocycles. The molecule has 4 rings (SSSR count). The normalized spacial score (nSPS) is 11.0. The zero-order valence-electron chi connectivity index (χ0n) is 23.3. The Morgan fingerprint density at radius 2 is 1.51 bits per heavy atom. The molecule has 0 aliphatic carbocycles. The van der Waals surface area contributed by atoms with E-state index < -0.39 is 28.4 Å². The van der Waals surface area contributed by atoms with E-state index >= 15 is 0 Å². The highest BCUT2D eigenvalue weighted by atomic mass is 35.5. The molecule has 0 aromatic heterocycles. The average Bonchev–Trinajstić information content (AvgIpc) is 3.01. The van der Waals surface area contributed by atoms with E-state index in [1.54, 1.807) is 62.8 Å². The predicted octanol–water partition coefficient (Wildman–Crippen LogP) is 5.82. The Labute approximate surface area is 260 Å². The quantitative estimate of drug-likeness (QED) is 0.202. The van der Waals surface area contributed by atoms with Gasteiger partial charge in [-0.1, -0.05) is 59.6 Å². The van der Waals surface area contributed by atoms with Gasteiger partial charge < -0.3 is 20.1 Å². The van der Waals surface area contributed by atoms with Crippen molar-refractivity contribution in [3.8, 4) is 11.5 Å². The third-order valence-electron chi connectivity index (χ3n) is 6.40. The topological polar surface area (TPSA) is 114 Å². The molecule has 0 spiro atoms. The molecule has 12 heteroatoms. The molecule has 0 unspecified atom stereocenters. The largest absolute Gasteiger partial charge is 0.493 e. The maximum Gasteiger partial charge on any atom is 0.264 e. The van der Waals surface area contributed by atoms with Crippen molar-refractivity contribution in [3.05, 3.63) is 112 Å². The molecule has 0 radical (unpaired) electrons. The maximum atomic E-state index is 13.6. The molecular weight excluding hydrogens is 613 g/mol. The summed E-state index contributed by atoms with van der Waals surface area (Å²) in [5.41, 5.74) is 1.52. The summed E-state index contributed by atoms with van der Waals surface area (Å²) in [5, 5.41) is 5.90. The van der Waals surface area contributed by atoms with Crippen LogP contribution in [0.5, 0.6) is 11.5 Å². The first-order valence-electron chi connectivity index (χ1n) is 13.0. The fraction of sp³-hybridized carbons (Fsp3) is 0.161. The number of amides is 2. The molecule has 0 aliphatic rings. The van der Waals surface area contributed by atoms with E-state index in [9.17, 15) is 18.0 Å². The summed E-state index contributed by atoms with van der Waals surface area (Å²) in [6.07, 6.45) is 0.524. The van der Waals surface area contributed by atoms with Gasteiger partial charge in [0.25, 0.3) is 15.9 Å². The van der Waals surface area contributed by atoms with Gasteiger partial charge >= 0.3 is 0 Å². The minimum Gasteiger partial charge on any atom is -0.493 e. The molecule has 0 atom stereocenters. The molecule has 0 bridgehead atoms. The molecule has 4 aromatic carbocycles. The zero-order valence-corrected chi connectivity index (χ0v) is 25.7. The SMILES string of the molecule is COc1ccc(CCNC(=O)c2ccccc2NC(=O)CN(c2ccc(Cl)c(Cl)c2)S(=O)(=O)c2ccccc2)cc1OC. The highest BCUT2D eigenvalue weighted by Gasteiger charge is 2.28. The van der Waals surface area contributed by atoms with Crippen LogP contribution < -0.4 is 24.4 Å². The predicted molar refractivity (Wildman–Crippen MR) is 168 cm³/mol. The second kappa shape index (κ2) is 14.3. The summed E-state index contributed by atoms with van der Waals surface area (Å²) in [7, 11) is -1.06. The van der Waals surface area contributed by atoms with Gasteiger partial charge in [0.2, 0.25) is 5.91 Å². The number of rotatable bonds is 12. The fourth-order valence-electron chi connectivity index (χ4n) is 4.24. The third-order valence-corrected chi connectivity index (χ3v) is 8.93. The smallest absolute Gasteiger partial charge is 0.264 e. The summed E-state index contributed by atoms with van der Waals surface area (Å²) in [6, 6.07) is 24.0. The van der Waals surface area contributed by atoms with Gasteiger partial charge in [-0.05, 0) is 66.6 Å². The van der Waals surface area contributed by atoms with E-state index in [1.807, 2.05) is 12.1 Å². The summed E-state index contributed by atoms with van der Waals surface area (Å²) in [4.78, 5) is 26.3. The number of para-hydroxylation sites is 1. The van der Waals surface area contributed by atoms with Gasteiger partial charge in [-0.25, -0.2) is 8.42 Å². The van der Waals surface area contributed by atoms with Crippen LogP contribution >= 0.6 is 23.2 Å². The lowest BCUT2D eigenvalue weighted by atomic mass is 10.1. The minimum absolute atomic E-state index is 0.0110. The van der Waals surface area contributed by atoms with E-state index in [4.69, 9.17) is 32.7 Å². The zero-order chi connectivity index (χ0) is 31.0. The van der Waals surface area contributed by atoms with Crippen LogP contribution in [0.15, 0.2) is 95.9 Å². The van der Waals surface area contributed by atoms with Crippen molar-refractivity contribution in [2.75, 3.05) is 36.9 Å². The first kappa shape index (κ1) is 31.7. The van der Waals surface area contributed by atoms with Gasteiger partial charge in [-0.2, -0.15) is 0 Å². The molecule has 4 aromatic rings. The van der Waals surface area contributed by atoms with Crippen LogP contribution in [0.1, 0.15) is 15.9 Å². The first-order chi connectivity index (χ1) is 20.6. The van der Waals surface area contributed by atoms with Crippen LogP contribution in [-0.4, -0.2) is 47.5 Å². The van der Waals surface area contributed by atoms with Gasteiger partial charge in [-0.15, -0.1) is 0 Å². The molecule has 43 heavy (non-hydrogen) atoms. The molecular formula is C31H29Cl2N3O6S. The van der Waals surface area contributed by atoms with E-state index in [0.717, 1.165) is 9.87 Å². The van der Waals surface area contributed by atoms with E-state index in [2.05, 4.69) is 10.6 Å². The molecule has 224 valence electrons. The average molecular weight is 643 g/mol. The van der Waals surface area contributed by atoms with Crippen LogP contribution in [0.25, 0.3) is 0 Å². The lowest BCUT2D eigenvalue weighted by molar-refractivity contribution is -0.114. The second-order valence-electron chi connectivity index (χ2n) is 9.21. The number of halogens is 2. The van der Waals surface area contributed by atoms with Crippen LogP contribution in [0.3, 0.4) is 0 Å². The fourth-order valence-corrected chi connectivity index (χ4v) is 5.96. The molecule has 0 saturated carbocycles. The van der Waals surface area contributed by atoms with E-state index in [0.29, 0.717) is 24.5 Å². The summed E-state index contributed by atoms with van der Waals surface area (Å²) < 4.78 is 38.7. The number of sulfonamides is 1. The Morgan fingerprint density at radius 1 is 0.814 bits per heavy atom. The number of nitrogens with one attached hydrogen (secondary N) is 2. The van der Waals surface area contributed by atoms with Crippen LogP contribution in [0.2, 0.25) is 10.0 Å². The Morgan fingerprint density at radius 3 is 2.21 bits per heavy atom. The number of hydrogen-bond donors (Lipinski definition) is 2. The third kappa shape index (κ3) is 7.78. The van der Waals surface area contributed by atoms with Crippen molar-refractivity contribution in [1.82, 2.24) is 5.32 Å². The maximum absolute atomic E-state index is 13.6. The monoisotopic (exact) mass is 641 g/mol. The number of benzene rings is 4. The number of carbonyl (C=O) groups is 2. The van der Waals surface area contributed by atoms with Crippen molar-refractivity contribution in [3.63, 3.8) is 0 Å². The number of hydrogen-bond acceptors (Lipinski definition) is 6. The van der Waals surface area contributed by atoms with Crippen molar-refractivity contribution in [1.29, 1.82) is 0 Å². The summed E-state index contributed by atoms with van der Waals surface area (Å²) >= 11 is 12.2.